The number of hydrogen-bond acceptors (Lipinski definition) is 2. The van der Waals surface area contributed by atoms with Crippen molar-refractivity contribution >= 4 is 0 Å². The molecule has 4 saturated carbocycles. The molecule has 0 spiro atoms. The van der Waals surface area contributed by atoms with Crippen LogP contribution in [0.3, 0.4) is 0 Å². The van der Waals surface area contributed by atoms with Gasteiger partial charge in [0.15, 0.2) is 0 Å². The van der Waals surface area contributed by atoms with E-state index in [9.17, 15) is 0 Å². The van der Waals surface area contributed by atoms with Crippen LogP contribution < -0.4 is 0 Å². The molecule has 4 rings (SSSR count). The van der Waals surface area contributed by atoms with Crippen molar-refractivity contribution in [1.82, 2.24) is 9.80 Å². The molecule has 0 amide bonds. The maximum Gasteiger partial charge on any atom is 0.0260 e. The van der Waals surface area contributed by atoms with Crippen LogP contribution in [0.25, 0.3) is 0 Å². The second-order valence-electron chi connectivity index (χ2n) is 15.9. The molecule has 0 aliphatic heterocycles. The fourth-order valence-electron chi connectivity index (χ4n) is 10.5. The van der Waals surface area contributed by atoms with Crippen molar-refractivity contribution in [1.29, 1.82) is 0 Å². The Kier molecular flexibility index (Phi) is 9.53. The van der Waals surface area contributed by atoms with Gasteiger partial charge in [-0.3, -0.25) is 0 Å². The Morgan fingerprint density at radius 1 is 0.432 bits per heavy atom. The SMILES string of the molecule is CN(CCCCCCCCCCCCCN(C)[C@@]1(C)[C@@H]2CC[C@@H](C2)C1(C)C)[C@@]1(C)[C@@H]2CC[C@@H](C2)C1(C)C. The zero-order valence-corrected chi connectivity index (χ0v) is 26.6. The summed E-state index contributed by atoms with van der Waals surface area (Å²) in [6, 6.07) is 0. The second-order valence-corrected chi connectivity index (χ2v) is 15.9. The number of hydrogen-bond donors (Lipinski definition) is 0. The molecule has 2 heteroatoms. The lowest BCUT2D eigenvalue weighted by Crippen LogP contribution is -2.58. The van der Waals surface area contributed by atoms with Gasteiger partial charge in [0, 0.05) is 11.1 Å². The van der Waals surface area contributed by atoms with Crippen molar-refractivity contribution in [2.45, 2.75) is 162 Å². The number of fused-ring (bicyclic) bond motifs is 4. The first kappa shape index (κ1) is 29.9. The molecule has 0 heterocycles. The summed E-state index contributed by atoms with van der Waals surface area (Å²) in [5.74, 6) is 3.82. The molecule has 216 valence electrons. The normalized spacial score (nSPS) is 37.5. The minimum atomic E-state index is 0.427. The fourth-order valence-corrected chi connectivity index (χ4v) is 10.5. The molecular formula is C35H66N2. The molecule has 0 radical (unpaired) electrons. The van der Waals surface area contributed by atoms with E-state index in [1.54, 1.807) is 0 Å². The summed E-state index contributed by atoms with van der Waals surface area (Å²) in [7, 11) is 4.86. The van der Waals surface area contributed by atoms with Gasteiger partial charge < -0.3 is 9.80 Å². The van der Waals surface area contributed by atoms with E-state index in [-0.39, 0.29) is 0 Å². The molecule has 4 aliphatic carbocycles. The van der Waals surface area contributed by atoms with Crippen LogP contribution in [0.4, 0.5) is 0 Å². The van der Waals surface area contributed by atoms with Gasteiger partial charge in [-0.15, -0.1) is 0 Å². The summed E-state index contributed by atoms with van der Waals surface area (Å²) in [6.45, 7) is 18.0. The fraction of sp³-hybridized carbons (Fsp3) is 1.00. The van der Waals surface area contributed by atoms with Crippen LogP contribution >= 0.6 is 0 Å². The Bertz CT molecular complexity index is 667. The molecule has 4 aliphatic rings. The van der Waals surface area contributed by atoms with E-state index in [1.807, 2.05) is 0 Å². The van der Waals surface area contributed by atoms with Gasteiger partial charge in [-0.05, 0) is 127 Å². The molecule has 0 unspecified atom stereocenters. The van der Waals surface area contributed by atoms with Crippen LogP contribution in [0.1, 0.15) is 151 Å². The zero-order chi connectivity index (χ0) is 26.9. The quantitative estimate of drug-likeness (QED) is 0.189. The van der Waals surface area contributed by atoms with Crippen LogP contribution in [-0.4, -0.2) is 48.1 Å². The minimum absolute atomic E-state index is 0.427. The first-order chi connectivity index (χ1) is 17.5. The third kappa shape index (κ3) is 5.35. The number of rotatable bonds is 16. The summed E-state index contributed by atoms with van der Waals surface area (Å²) in [6.07, 6.45) is 24.7. The molecule has 0 saturated heterocycles. The maximum absolute atomic E-state index is 2.77. The smallest absolute Gasteiger partial charge is 0.0260 e. The summed E-state index contributed by atoms with van der Waals surface area (Å²) in [5.41, 5.74) is 1.84. The molecule has 0 aromatic heterocycles. The van der Waals surface area contributed by atoms with Gasteiger partial charge >= 0.3 is 0 Å². The topological polar surface area (TPSA) is 6.48 Å². The first-order valence-electron chi connectivity index (χ1n) is 16.9. The highest BCUT2D eigenvalue weighted by atomic mass is 15.2. The Balaban J connectivity index is 0.974. The molecule has 0 aromatic rings. The van der Waals surface area contributed by atoms with Crippen molar-refractivity contribution < 1.29 is 0 Å². The van der Waals surface area contributed by atoms with Crippen molar-refractivity contribution in [3.63, 3.8) is 0 Å². The van der Waals surface area contributed by atoms with Crippen LogP contribution in [0.5, 0.6) is 0 Å². The van der Waals surface area contributed by atoms with E-state index >= 15 is 0 Å². The predicted molar refractivity (Wildman–Crippen MR) is 162 cm³/mol. The third-order valence-electron chi connectivity index (χ3n) is 14.2. The monoisotopic (exact) mass is 515 g/mol. The standard InChI is InChI=1S/C35H66N2/c1-32(2)28-20-22-30(26-28)34(32,5)36(7)24-18-16-14-12-10-9-11-13-15-17-19-25-37(8)35(6)31-23-21-29(27-31)33(35,3)4/h28-31H,9-27H2,1-8H3/t28-,29-,30+,31+,34-,35-/m0/s1. The Morgan fingerprint density at radius 2 is 0.703 bits per heavy atom. The zero-order valence-electron chi connectivity index (χ0n) is 26.6. The molecule has 2 nitrogen and oxygen atoms in total. The van der Waals surface area contributed by atoms with Crippen molar-refractivity contribution in [2.24, 2.45) is 34.5 Å². The van der Waals surface area contributed by atoms with Crippen molar-refractivity contribution in [3.8, 4) is 0 Å². The first-order valence-corrected chi connectivity index (χ1v) is 16.9. The van der Waals surface area contributed by atoms with E-state index in [0.717, 1.165) is 23.7 Å². The molecule has 0 aromatic carbocycles. The Hall–Kier alpha value is -0.0800. The maximum atomic E-state index is 2.77. The highest BCUT2D eigenvalue weighted by molar-refractivity contribution is 5.15. The van der Waals surface area contributed by atoms with E-state index in [0.29, 0.717) is 21.9 Å². The summed E-state index contributed by atoms with van der Waals surface area (Å²) in [5, 5.41) is 0. The molecule has 0 N–H and O–H groups in total. The van der Waals surface area contributed by atoms with Crippen LogP contribution in [0.15, 0.2) is 0 Å². The van der Waals surface area contributed by atoms with Gasteiger partial charge in [0.2, 0.25) is 0 Å². The second kappa shape index (κ2) is 11.8. The highest BCUT2D eigenvalue weighted by Gasteiger charge is 2.62. The van der Waals surface area contributed by atoms with Gasteiger partial charge in [-0.2, -0.15) is 0 Å². The van der Waals surface area contributed by atoms with Gasteiger partial charge in [0.05, 0.1) is 0 Å². The largest absolute Gasteiger partial charge is 0.300 e. The summed E-state index contributed by atoms with van der Waals surface area (Å²) < 4.78 is 0. The van der Waals surface area contributed by atoms with Crippen LogP contribution in [0, 0.1) is 34.5 Å². The lowest BCUT2D eigenvalue weighted by Gasteiger charge is -2.53. The molecular weight excluding hydrogens is 448 g/mol. The van der Waals surface area contributed by atoms with Gasteiger partial charge in [-0.25, -0.2) is 0 Å². The molecule has 4 fully saturated rings. The third-order valence-corrected chi connectivity index (χ3v) is 14.2. The summed E-state index contributed by atoms with van der Waals surface area (Å²) in [4.78, 5) is 5.54. The lowest BCUT2D eigenvalue weighted by molar-refractivity contribution is -0.0311. The Morgan fingerprint density at radius 3 is 0.973 bits per heavy atom. The van der Waals surface area contributed by atoms with Crippen LogP contribution in [0.2, 0.25) is 0 Å². The minimum Gasteiger partial charge on any atom is -0.300 e. The van der Waals surface area contributed by atoms with Gasteiger partial charge in [0.25, 0.3) is 0 Å². The number of unbranched alkanes of at least 4 members (excludes halogenated alkanes) is 10. The lowest BCUT2D eigenvalue weighted by atomic mass is 9.63. The average molecular weight is 515 g/mol. The van der Waals surface area contributed by atoms with Crippen LogP contribution in [-0.2, 0) is 0 Å². The average Bonchev–Trinajstić information content (AvgIpc) is 3.61. The van der Waals surface area contributed by atoms with Crippen molar-refractivity contribution in [2.75, 3.05) is 27.2 Å². The van der Waals surface area contributed by atoms with E-state index in [4.69, 9.17) is 0 Å². The Labute approximate surface area is 233 Å². The van der Waals surface area contributed by atoms with Gasteiger partial charge in [0.1, 0.15) is 0 Å². The van der Waals surface area contributed by atoms with Gasteiger partial charge in [-0.1, -0.05) is 85.5 Å². The summed E-state index contributed by atoms with van der Waals surface area (Å²) >= 11 is 0. The van der Waals surface area contributed by atoms with Crippen molar-refractivity contribution in [3.05, 3.63) is 0 Å². The number of nitrogens with zero attached hydrogens (tertiary/aromatic N) is 2. The molecule has 6 atom stereocenters. The molecule has 4 bridgehead atoms. The van der Waals surface area contributed by atoms with E-state index in [2.05, 4.69) is 65.4 Å². The van der Waals surface area contributed by atoms with E-state index in [1.165, 1.54) is 122 Å². The molecule has 37 heavy (non-hydrogen) atoms. The predicted octanol–water partition coefficient (Wildman–Crippen LogP) is 9.57. The highest BCUT2D eigenvalue weighted by Crippen LogP contribution is 2.64. The van der Waals surface area contributed by atoms with E-state index < -0.39 is 0 Å².